The standard InChI is InChI=1S/C25H24Cl2N2O2S/c1-3-13-28(25(31)22-12-10-20(26)14-23(22)27)17-24(30)29(15-19-7-5-4-6-8-19)16-21-11-9-18(2)32-21/h3-12,14H,1,13,15-17H2,2H3. The molecule has 0 aliphatic rings. The molecule has 2 amide bonds. The van der Waals surface area contributed by atoms with E-state index in [4.69, 9.17) is 23.2 Å². The Labute approximate surface area is 202 Å². The van der Waals surface area contributed by atoms with Crippen molar-refractivity contribution < 1.29 is 9.59 Å². The maximum Gasteiger partial charge on any atom is 0.256 e. The molecule has 0 saturated heterocycles. The lowest BCUT2D eigenvalue weighted by molar-refractivity contribution is -0.133. The predicted molar refractivity (Wildman–Crippen MR) is 132 cm³/mol. The summed E-state index contributed by atoms with van der Waals surface area (Å²) in [4.78, 5) is 32.0. The minimum atomic E-state index is -0.341. The van der Waals surface area contributed by atoms with Gasteiger partial charge in [0.15, 0.2) is 0 Å². The summed E-state index contributed by atoms with van der Waals surface area (Å²) in [6.07, 6.45) is 1.60. The van der Waals surface area contributed by atoms with Crippen molar-refractivity contribution in [3.63, 3.8) is 0 Å². The van der Waals surface area contributed by atoms with E-state index < -0.39 is 0 Å². The molecule has 166 valence electrons. The van der Waals surface area contributed by atoms with Crippen LogP contribution in [-0.2, 0) is 17.9 Å². The van der Waals surface area contributed by atoms with Crippen LogP contribution in [0.3, 0.4) is 0 Å². The van der Waals surface area contributed by atoms with Gasteiger partial charge in [-0.05, 0) is 42.8 Å². The average molecular weight is 487 g/mol. The lowest BCUT2D eigenvalue weighted by Gasteiger charge is -2.27. The van der Waals surface area contributed by atoms with E-state index in [0.29, 0.717) is 23.7 Å². The number of hydrogen-bond donors (Lipinski definition) is 0. The Hall–Kier alpha value is -2.60. The van der Waals surface area contributed by atoms with Crippen molar-refractivity contribution in [3.05, 3.63) is 104 Å². The van der Waals surface area contributed by atoms with Gasteiger partial charge in [-0.25, -0.2) is 0 Å². The predicted octanol–water partition coefficient (Wildman–Crippen LogP) is 6.22. The quantitative estimate of drug-likeness (QED) is 0.336. The Balaban J connectivity index is 1.82. The van der Waals surface area contributed by atoms with Crippen LogP contribution in [0.15, 0.2) is 73.3 Å². The SMILES string of the molecule is C=CCN(CC(=O)N(Cc1ccccc1)Cc1ccc(C)s1)C(=O)c1ccc(Cl)cc1Cl. The fourth-order valence-corrected chi connectivity index (χ4v) is 4.66. The van der Waals surface area contributed by atoms with E-state index in [1.54, 1.807) is 34.4 Å². The first-order valence-corrected chi connectivity index (χ1v) is 11.7. The molecule has 1 heterocycles. The highest BCUT2D eigenvalue weighted by atomic mass is 35.5. The number of thiophene rings is 1. The zero-order chi connectivity index (χ0) is 23.1. The Morgan fingerprint density at radius 3 is 2.38 bits per heavy atom. The molecule has 32 heavy (non-hydrogen) atoms. The molecule has 3 rings (SSSR count). The third-order valence-corrected chi connectivity index (χ3v) is 6.37. The fourth-order valence-electron chi connectivity index (χ4n) is 3.27. The van der Waals surface area contributed by atoms with Gasteiger partial charge in [-0.1, -0.05) is 59.6 Å². The van der Waals surface area contributed by atoms with E-state index in [0.717, 1.165) is 10.4 Å². The molecule has 3 aromatic rings. The topological polar surface area (TPSA) is 40.6 Å². The first kappa shape index (κ1) is 24.1. The Morgan fingerprint density at radius 2 is 1.75 bits per heavy atom. The number of rotatable bonds is 9. The van der Waals surface area contributed by atoms with Gasteiger partial charge in [-0.2, -0.15) is 0 Å². The summed E-state index contributed by atoms with van der Waals surface area (Å²) >= 11 is 13.9. The summed E-state index contributed by atoms with van der Waals surface area (Å²) in [6, 6.07) is 18.6. The molecule has 0 atom stereocenters. The molecule has 0 bridgehead atoms. The van der Waals surface area contributed by atoms with Crippen molar-refractivity contribution in [1.82, 2.24) is 9.80 Å². The first-order valence-electron chi connectivity index (χ1n) is 10.1. The number of halogens is 2. The summed E-state index contributed by atoms with van der Waals surface area (Å²) in [6.45, 7) is 6.84. The van der Waals surface area contributed by atoms with E-state index in [-0.39, 0.29) is 29.9 Å². The van der Waals surface area contributed by atoms with Gasteiger partial charge in [0, 0.05) is 27.9 Å². The molecule has 0 saturated carbocycles. The maximum absolute atomic E-state index is 13.4. The number of aryl methyl sites for hydroxylation is 1. The zero-order valence-corrected chi connectivity index (χ0v) is 20.1. The lowest BCUT2D eigenvalue weighted by atomic mass is 10.2. The van der Waals surface area contributed by atoms with Crippen LogP contribution < -0.4 is 0 Å². The molecule has 0 fully saturated rings. The van der Waals surface area contributed by atoms with Crippen molar-refractivity contribution >= 4 is 46.4 Å². The number of benzene rings is 2. The Morgan fingerprint density at radius 1 is 1.00 bits per heavy atom. The van der Waals surface area contributed by atoms with Crippen LogP contribution in [-0.4, -0.2) is 34.7 Å². The third-order valence-electron chi connectivity index (χ3n) is 4.84. The minimum absolute atomic E-state index is 0.0823. The summed E-state index contributed by atoms with van der Waals surface area (Å²) in [5.41, 5.74) is 1.32. The van der Waals surface area contributed by atoms with Crippen molar-refractivity contribution in [1.29, 1.82) is 0 Å². The molecule has 7 heteroatoms. The fraction of sp³-hybridized carbons (Fsp3) is 0.200. The summed E-state index contributed by atoms with van der Waals surface area (Å²) in [5.74, 6) is -0.494. The van der Waals surface area contributed by atoms with E-state index in [1.807, 2.05) is 49.4 Å². The van der Waals surface area contributed by atoms with E-state index in [2.05, 4.69) is 6.58 Å². The van der Waals surface area contributed by atoms with Crippen LogP contribution in [0.2, 0.25) is 10.0 Å². The van der Waals surface area contributed by atoms with E-state index in [9.17, 15) is 9.59 Å². The number of nitrogens with zero attached hydrogens (tertiary/aromatic N) is 2. The van der Waals surface area contributed by atoms with Crippen molar-refractivity contribution in [3.8, 4) is 0 Å². The van der Waals surface area contributed by atoms with Crippen LogP contribution in [0.4, 0.5) is 0 Å². The van der Waals surface area contributed by atoms with Gasteiger partial charge >= 0.3 is 0 Å². The maximum atomic E-state index is 13.4. The van der Waals surface area contributed by atoms with Gasteiger partial charge in [0.25, 0.3) is 5.91 Å². The monoisotopic (exact) mass is 486 g/mol. The first-order chi connectivity index (χ1) is 15.4. The second-order valence-corrected chi connectivity index (χ2v) is 9.56. The van der Waals surface area contributed by atoms with E-state index >= 15 is 0 Å². The van der Waals surface area contributed by atoms with Crippen LogP contribution in [0.5, 0.6) is 0 Å². The second kappa shape index (κ2) is 11.3. The van der Waals surface area contributed by atoms with Gasteiger partial charge in [0.2, 0.25) is 5.91 Å². The number of carbonyl (C=O) groups excluding carboxylic acids is 2. The molecule has 0 spiro atoms. The van der Waals surface area contributed by atoms with Crippen molar-refractivity contribution in [2.24, 2.45) is 0 Å². The highest BCUT2D eigenvalue weighted by Gasteiger charge is 2.24. The summed E-state index contributed by atoms with van der Waals surface area (Å²) in [7, 11) is 0. The number of hydrogen-bond acceptors (Lipinski definition) is 3. The van der Waals surface area contributed by atoms with Crippen LogP contribution in [0.25, 0.3) is 0 Å². The Bertz CT molecular complexity index is 1100. The normalized spacial score (nSPS) is 10.6. The largest absolute Gasteiger partial charge is 0.332 e. The third kappa shape index (κ3) is 6.45. The molecule has 0 radical (unpaired) electrons. The molecular weight excluding hydrogens is 463 g/mol. The smallest absolute Gasteiger partial charge is 0.256 e. The molecule has 2 aromatic carbocycles. The number of carbonyl (C=O) groups is 2. The van der Waals surface area contributed by atoms with E-state index in [1.165, 1.54) is 15.8 Å². The van der Waals surface area contributed by atoms with Crippen LogP contribution in [0.1, 0.15) is 25.7 Å². The van der Waals surface area contributed by atoms with Gasteiger partial charge in [0.05, 0.1) is 17.1 Å². The van der Waals surface area contributed by atoms with Crippen LogP contribution in [0, 0.1) is 6.92 Å². The van der Waals surface area contributed by atoms with Gasteiger partial charge < -0.3 is 9.80 Å². The molecule has 4 nitrogen and oxygen atoms in total. The molecule has 0 aliphatic carbocycles. The number of amides is 2. The molecule has 0 unspecified atom stereocenters. The highest BCUT2D eigenvalue weighted by molar-refractivity contribution is 7.11. The van der Waals surface area contributed by atoms with Gasteiger partial charge in [-0.3, -0.25) is 9.59 Å². The lowest BCUT2D eigenvalue weighted by Crippen LogP contribution is -2.42. The Kier molecular flexibility index (Phi) is 8.51. The summed E-state index contributed by atoms with van der Waals surface area (Å²) < 4.78 is 0. The molecular formula is C25H24Cl2N2O2S. The molecule has 1 aromatic heterocycles. The summed E-state index contributed by atoms with van der Waals surface area (Å²) in [5, 5.41) is 0.692. The molecule has 0 N–H and O–H groups in total. The van der Waals surface area contributed by atoms with Crippen molar-refractivity contribution in [2.45, 2.75) is 20.0 Å². The van der Waals surface area contributed by atoms with Crippen LogP contribution >= 0.6 is 34.5 Å². The van der Waals surface area contributed by atoms with Crippen molar-refractivity contribution in [2.75, 3.05) is 13.1 Å². The second-order valence-electron chi connectivity index (χ2n) is 7.35. The average Bonchev–Trinajstić information content (AvgIpc) is 3.18. The molecule has 0 aliphatic heterocycles. The highest BCUT2D eigenvalue weighted by Crippen LogP contribution is 2.23. The van der Waals surface area contributed by atoms with Gasteiger partial charge in [-0.15, -0.1) is 17.9 Å². The van der Waals surface area contributed by atoms with Gasteiger partial charge in [0.1, 0.15) is 6.54 Å². The zero-order valence-electron chi connectivity index (χ0n) is 17.8. The minimum Gasteiger partial charge on any atom is -0.332 e.